The number of anilines is 2. The van der Waals surface area contributed by atoms with Gasteiger partial charge in [-0.15, -0.1) is 0 Å². The highest BCUT2D eigenvalue weighted by atomic mass is 16.5. The van der Waals surface area contributed by atoms with Crippen LogP contribution >= 0.6 is 0 Å². The molecule has 2 aromatic rings. The van der Waals surface area contributed by atoms with Gasteiger partial charge in [0, 0.05) is 5.69 Å². The zero-order valence-corrected chi connectivity index (χ0v) is 14.8. The van der Waals surface area contributed by atoms with E-state index >= 15 is 0 Å². The number of para-hydroxylation sites is 1. The molecule has 0 saturated heterocycles. The number of ether oxygens (including phenoxy) is 2. The maximum Gasteiger partial charge on any atom is 0.341 e. The summed E-state index contributed by atoms with van der Waals surface area (Å²) in [5.41, 5.74) is 8.75. The molecule has 6 heteroatoms. The molecular formula is C19H22N2O4. The normalized spacial score (nSPS) is 11.5. The number of nitrogen functional groups attached to an aromatic ring is 1. The number of aryl methyl sites for hydroxylation is 2. The highest BCUT2D eigenvalue weighted by Crippen LogP contribution is 2.25. The van der Waals surface area contributed by atoms with Gasteiger partial charge in [0.1, 0.15) is 5.75 Å². The number of carbonyl (C=O) groups excluding carboxylic acids is 2. The van der Waals surface area contributed by atoms with E-state index in [1.807, 2.05) is 13.0 Å². The van der Waals surface area contributed by atoms with Crippen molar-refractivity contribution in [1.29, 1.82) is 0 Å². The second-order valence-corrected chi connectivity index (χ2v) is 5.78. The zero-order chi connectivity index (χ0) is 18.6. The van der Waals surface area contributed by atoms with Crippen molar-refractivity contribution in [2.24, 2.45) is 0 Å². The molecule has 2 rings (SSSR count). The van der Waals surface area contributed by atoms with Crippen LogP contribution in [0.4, 0.5) is 11.4 Å². The molecule has 0 heterocycles. The predicted octanol–water partition coefficient (Wildman–Crippen LogP) is 3.08. The van der Waals surface area contributed by atoms with Crippen LogP contribution in [0.5, 0.6) is 5.75 Å². The van der Waals surface area contributed by atoms with Crippen LogP contribution in [0, 0.1) is 13.8 Å². The van der Waals surface area contributed by atoms with E-state index in [1.165, 1.54) is 14.0 Å². The first kappa shape index (κ1) is 18.3. The van der Waals surface area contributed by atoms with Crippen LogP contribution in [-0.4, -0.2) is 25.1 Å². The Kier molecular flexibility index (Phi) is 5.64. The summed E-state index contributed by atoms with van der Waals surface area (Å²) in [6, 6.07) is 10.5. The fraction of sp³-hybridized carbons (Fsp3) is 0.263. The Bertz CT molecular complexity index is 802. The molecule has 0 radical (unpaired) electrons. The van der Waals surface area contributed by atoms with Gasteiger partial charge in [-0.2, -0.15) is 0 Å². The lowest BCUT2D eigenvalue weighted by molar-refractivity contribution is -0.123. The summed E-state index contributed by atoms with van der Waals surface area (Å²) >= 11 is 0. The molecule has 132 valence electrons. The first-order chi connectivity index (χ1) is 11.8. The smallest absolute Gasteiger partial charge is 0.341 e. The topological polar surface area (TPSA) is 90.6 Å². The van der Waals surface area contributed by atoms with Gasteiger partial charge in [-0.1, -0.05) is 18.2 Å². The lowest BCUT2D eigenvalue weighted by Crippen LogP contribution is -2.30. The summed E-state index contributed by atoms with van der Waals surface area (Å²) in [4.78, 5) is 24.6. The Balaban J connectivity index is 2.09. The Hall–Kier alpha value is -3.02. The Morgan fingerprint density at radius 3 is 2.56 bits per heavy atom. The van der Waals surface area contributed by atoms with Crippen molar-refractivity contribution in [3.8, 4) is 5.75 Å². The van der Waals surface area contributed by atoms with E-state index in [0.717, 1.165) is 11.1 Å². The van der Waals surface area contributed by atoms with Gasteiger partial charge in [0.05, 0.1) is 18.4 Å². The highest BCUT2D eigenvalue weighted by molar-refractivity contribution is 6.00. The van der Waals surface area contributed by atoms with Crippen molar-refractivity contribution in [3.63, 3.8) is 0 Å². The van der Waals surface area contributed by atoms with Crippen molar-refractivity contribution in [3.05, 3.63) is 53.1 Å². The van der Waals surface area contributed by atoms with Gasteiger partial charge in [-0.3, -0.25) is 4.79 Å². The van der Waals surface area contributed by atoms with Crippen molar-refractivity contribution >= 4 is 23.3 Å². The molecule has 0 spiro atoms. The number of hydrogen-bond acceptors (Lipinski definition) is 5. The second-order valence-electron chi connectivity index (χ2n) is 5.78. The minimum atomic E-state index is -0.988. The molecule has 25 heavy (non-hydrogen) atoms. The van der Waals surface area contributed by atoms with Crippen LogP contribution in [-0.2, 0) is 9.53 Å². The van der Waals surface area contributed by atoms with E-state index in [1.54, 1.807) is 37.3 Å². The number of amides is 1. The molecule has 1 atom stereocenters. The SMILES string of the molecule is COc1ccc(C)cc1NC(=O)C(C)OC(=O)c1cccc(C)c1N. The van der Waals surface area contributed by atoms with E-state index in [9.17, 15) is 9.59 Å². The molecule has 3 N–H and O–H groups in total. The highest BCUT2D eigenvalue weighted by Gasteiger charge is 2.21. The van der Waals surface area contributed by atoms with E-state index in [4.69, 9.17) is 15.2 Å². The molecule has 0 fully saturated rings. The molecule has 6 nitrogen and oxygen atoms in total. The average Bonchev–Trinajstić information content (AvgIpc) is 2.57. The lowest BCUT2D eigenvalue weighted by atomic mass is 10.1. The number of nitrogens with two attached hydrogens (primary N) is 1. The number of methoxy groups -OCH3 is 1. The van der Waals surface area contributed by atoms with Crippen molar-refractivity contribution in [1.82, 2.24) is 0 Å². The van der Waals surface area contributed by atoms with Crippen LogP contribution in [0.15, 0.2) is 36.4 Å². The zero-order valence-electron chi connectivity index (χ0n) is 14.8. The summed E-state index contributed by atoms with van der Waals surface area (Å²) in [6.07, 6.45) is -0.988. The lowest BCUT2D eigenvalue weighted by Gasteiger charge is -2.16. The second kappa shape index (κ2) is 7.70. The van der Waals surface area contributed by atoms with Crippen LogP contribution in [0.25, 0.3) is 0 Å². The van der Waals surface area contributed by atoms with Gasteiger partial charge < -0.3 is 20.5 Å². The van der Waals surface area contributed by atoms with Crippen LogP contribution in [0.1, 0.15) is 28.4 Å². The Morgan fingerprint density at radius 2 is 1.88 bits per heavy atom. The third-order valence-corrected chi connectivity index (χ3v) is 3.81. The van der Waals surface area contributed by atoms with Gasteiger partial charge in [0.15, 0.2) is 6.10 Å². The summed E-state index contributed by atoms with van der Waals surface area (Å²) < 4.78 is 10.5. The maximum absolute atomic E-state index is 12.3. The fourth-order valence-electron chi connectivity index (χ4n) is 2.29. The molecule has 0 aliphatic rings. The van der Waals surface area contributed by atoms with Gasteiger partial charge >= 0.3 is 5.97 Å². The van der Waals surface area contributed by atoms with Crippen molar-refractivity contribution < 1.29 is 19.1 Å². The number of carbonyl (C=O) groups is 2. The molecule has 1 amide bonds. The van der Waals surface area contributed by atoms with E-state index in [-0.39, 0.29) is 5.56 Å². The average molecular weight is 342 g/mol. The minimum Gasteiger partial charge on any atom is -0.495 e. The standard InChI is InChI=1S/C19H22N2O4/c1-11-8-9-16(24-4)15(10-11)21-18(22)13(3)25-19(23)14-7-5-6-12(2)17(14)20/h5-10,13H,20H2,1-4H3,(H,21,22). The molecular weight excluding hydrogens is 320 g/mol. The Morgan fingerprint density at radius 1 is 1.16 bits per heavy atom. The van der Waals surface area contributed by atoms with Gasteiger partial charge in [0.25, 0.3) is 5.91 Å². The molecule has 0 saturated carbocycles. The van der Waals surface area contributed by atoms with Crippen LogP contribution in [0.2, 0.25) is 0 Å². The number of esters is 1. The Labute approximate surface area is 146 Å². The quantitative estimate of drug-likeness (QED) is 0.644. The number of rotatable bonds is 5. The van der Waals surface area contributed by atoms with Crippen LogP contribution < -0.4 is 15.8 Å². The van der Waals surface area contributed by atoms with Gasteiger partial charge in [-0.05, 0) is 50.1 Å². The van der Waals surface area contributed by atoms with Gasteiger partial charge in [0.2, 0.25) is 0 Å². The third kappa shape index (κ3) is 4.29. The number of nitrogens with one attached hydrogen (secondary N) is 1. The molecule has 1 unspecified atom stereocenters. The number of hydrogen-bond donors (Lipinski definition) is 2. The van der Waals surface area contributed by atoms with E-state index in [0.29, 0.717) is 17.1 Å². The fourth-order valence-corrected chi connectivity index (χ4v) is 2.29. The van der Waals surface area contributed by atoms with Crippen molar-refractivity contribution in [2.45, 2.75) is 26.9 Å². The van der Waals surface area contributed by atoms with E-state index < -0.39 is 18.0 Å². The first-order valence-corrected chi connectivity index (χ1v) is 7.85. The molecule has 0 aliphatic heterocycles. The molecule has 2 aromatic carbocycles. The first-order valence-electron chi connectivity index (χ1n) is 7.85. The monoisotopic (exact) mass is 342 g/mol. The molecule has 0 aliphatic carbocycles. The largest absolute Gasteiger partial charge is 0.495 e. The maximum atomic E-state index is 12.3. The van der Waals surface area contributed by atoms with Gasteiger partial charge in [-0.25, -0.2) is 4.79 Å². The molecule has 0 aromatic heterocycles. The molecule has 0 bridgehead atoms. The summed E-state index contributed by atoms with van der Waals surface area (Å²) in [5, 5.41) is 2.71. The summed E-state index contributed by atoms with van der Waals surface area (Å²) in [7, 11) is 1.52. The summed E-state index contributed by atoms with van der Waals surface area (Å²) in [5.74, 6) is -0.566. The predicted molar refractivity (Wildman–Crippen MR) is 96.8 cm³/mol. The third-order valence-electron chi connectivity index (χ3n) is 3.81. The van der Waals surface area contributed by atoms with E-state index in [2.05, 4.69) is 5.32 Å². The van der Waals surface area contributed by atoms with Crippen molar-refractivity contribution in [2.75, 3.05) is 18.2 Å². The summed E-state index contributed by atoms with van der Waals surface area (Å²) in [6.45, 7) is 5.20. The minimum absolute atomic E-state index is 0.243. The number of benzene rings is 2. The van der Waals surface area contributed by atoms with Crippen LogP contribution in [0.3, 0.4) is 0 Å².